The third-order valence-electron chi connectivity index (χ3n) is 5.26. The van der Waals surface area contributed by atoms with E-state index in [2.05, 4.69) is 34.5 Å². The molecule has 2 aliphatic rings. The highest BCUT2D eigenvalue weighted by atomic mass is 35.5. The van der Waals surface area contributed by atoms with E-state index < -0.39 is 0 Å². The standard InChI is InChI=1S/C21H23ClN2O/c22-18-7-3-4-8-19(18)23-21(25)13-14-24(16-10-11-16)20-12-9-15-5-1-2-6-17(15)20/h1-8,16,20H,9-14H2,(H,23,25). The van der Waals surface area contributed by atoms with Crippen LogP contribution in [0.25, 0.3) is 0 Å². The van der Waals surface area contributed by atoms with E-state index in [0.29, 0.717) is 29.2 Å². The Morgan fingerprint density at radius 3 is 2.64 bits per heavy atom. The lowest BCUT2D eigenvalue weighted by atomic mass is 10.1. The van der Waals surface area contributed by atoms with Gasteiger partial charge in [-0.05, 0) is 48.9 Å². The molecule has 130 valence electrons. The van der Waals surface area contributed by atoms with Crippen LogP contribution in [0, 0.1) is 0 Å². The largest absolute Gasteiger partial charge is 0.325 e. The summed E-state index contributed by atoms with van der Waals surface area (Å²) in [6.45, 7) is 0.806. The van der Waals surface area contributed by atoms with Gasteiger partial charge in [-0.3, -0.25) is 9.69 Å². The summed E-state index contributed by atoms with van der Waals surface area (Å²) >= 11 is 6.13. The van der Waals surface area contributed by atoms with E-state index in [1.165, 1.54) is 30.4 Å². The van der Waals surface area contributed by atoms with Gasteiger partial charge in [0, 0.05) is 25.0 Å². The summed E-state index contributed by atoms with van der Waals surface area (Å²) in [5, 5.41) is 3.52. The second-order valence-corrected chi connectivity index (χ2v) is 7.41. The summed E-state index contributed by atoms with van der Waals surface area (Å²) in [4.78, 5) is 14.9. The van der Waals surface area contributed by atoms with Gasteiger partial charge in [0.05, 0.1) is 10.7 Å². The minimum Gasteiger partial charge on any atom is -0.325 e. The normalized spacial score (nSPS) is 19.0. The zero-order valence-corrected chi connectivity index (χ0v) is 15.0. The van der Waals surface area contributed by atoms with Crippen molar-refractivity contribution in [2.75, 3.05) is 11.9 Å². The fourth-order valence-electron chi connectivity index (χ4n) is 3.88. The molecule has 3 nitrogen and oxygen atoms in total. The molecule has 0 bridgehead atoms. The van der Waals surface area contributed by atoms with Crippen LogP contribution in [0.2, 0.25) is 5.02 Å². The zero-order chi connectivity index (χ0) is 17.2. The van der Waals surface area contributed by atoms with Gasteiger partial charge < -0.3 is 5.32 Å². The van der Waals surface area contributed by atoms with Crippen LogP contribution in [0.1, 0.15) is 42.9 Å². The number of fused-ring (bicyclic) bond motifs is 1. The van der Waals surface area contributed by atoms with Crippen LogP contribution in [0.15, 0.2) is 48.5 Å². The molecule has 0 spiro atoms. The Morgan fingerprint density at radius 1 is 1.08 bits per heavy atom. The first-order valence-corrected chi connectivity index (χ1v) is 9.48. The van der Waals surface area contributed by atoms with E-state index in [0.717, 1.165) is 13.0 Å². The van der Waals surface area contributed by atoms with Gasteiger partial charge in [0.1, 0.15) is 0 Å². The second kappa shape index (κ2) is 7.19. The van der Waals surface area contributed by atoms with Gasteiger partial charge in [-0.2, -0.15) is 0 Å². The first-order valence-electron chi connectivity index (χ1n) is 9.10. The van der Waals surface area contributed by atoms with Gasteiger partial charge in [-0.15, -0.1) is 0 Å². The maximum Gasteiger partial charge on any atom is 0.225 e. The number of nitrogens with one attached hydrogen (secondary N) is 1. The fourth-order valence-corrected chi connectivity index (χ4v) is 4.07. The molecule has 0 aliphatic heterocycles. The van der Waals surface area contributed by atoms with Crippen molar-refractivity contribution in [1.82, 2.24) is 4.90 Å². The monoisotopic (exact) mass is 354 g/mol. The Bertz CT molecular complexity index is 772. The number of para-hydroxylation sites is 1. The molecule has 0 aromatic heterocycles. The summed E-state index contributed by atoms with van der Waals surface area (Å²) in [6.07, 6.45) is 5.33. The predicted molar refractivity (Wildman–Crippen MR) is 102 cm³/mol. The molecular formula is C21H23ClN2O. The summed E-state index contributed by atoms with van der Waals surface area (Å²) < 4.78 is 0. The van der Waals surface area contributed by atoms with E-state index in [4.69, 9.17) is 11.6 Å². The molecule has 1 unspecified atom stereocenters. The van der Waals surface area contributed by atoms with Crippen LogP contribution in [0.4, 0.5) is 5.69 Å². The smallest absolute Gasteiger partial charge is 0.225 e. The molecule has 2 aromatic carbocycles. The highest BCUT2D eigenvalue weighted by Crippen LogP contribution is 2.41. The van der Waals surface area contributed by atoms with Crippen LogP contribution >= 0.6 is 11.6 Å². The predicted octanol–water partition coefficient (Wildman–Crippen LogP) is 4.82. The Hall–Kier alpha value is -1.84. The van der Waals surface area contributed by atoms with E-state index in [-0.39, 0.29) is 5.91 Å². The number of amides is 1. The van der Waals surface area contributed by atoms with E-state index in [1.54, 1.807) is 6.07 Å². The quantitative estimate of drug-likeness (QED) is 0.806. The Morgan fingerprint density at radius 2 is 1.84 bits per heavy atom. The molecule has 1 fully saturated rings. The third kappa shape index (κ3) is 3.73. The van der Waals surface area contributed by atoms with Gasteiger partial charge in [0.2, 0.25) is 5.91 Å². The molecule has 25 heavy (non-hydrogen) atoms. The van der Waals surface area contributed by atoms with E-state index >= 15 is 0 Å². The van der Waals surface area contributed by atoms with Gasteiger partial charge >= 0.3 is 0 Å². The van der Waals surface area contributed by atoms with Crippen molar-refractivity contribution in [2.24, 2.45) is 0 Å². The summed E-state index contributed by atoms with van der Waals surface area (Å²) in [5.74, 6) is 0.0324. The van der Waals surface area contributed by atoms with Crippen LogP contribution < -0.4 is 5.32 Å². The fraction of sp³-hybridized carbons (Fsp3) is 0.381. The number of anilines is 1. The molecule has 1 saturated carbocycles. The van der Waals surface area contributed by atoms with Crippen molar-refractivity contribution in [3.63, 3.8) is 0 Å². The van der Waals surface area contributed by atoms with Gasteiger partial charge in [0.15, 0.2) is 0 Å². The number of carbonyl (C=O) groups excluding carboxylic acids is 1. The molecule has 2 aromatic rings. The van der Waals surface area contributed by atoms with Gasteiger partial charge in [0.25, 0.3) is 0 Å². The average molecular weight is 355 g/mol. The minimum atomic E-state index is 0.0324. The number of nitrogens with zero attached hydrogens (tertiary/aromatic N) is 1. The van der Waals surface area contributed by atoms with Crippen molar-refractivity contribution >= 4 is 23.2 Å². The highest BCUT2D eigenvalue weighted by Gasteiger charge is 2.37. The molecule has 1 amide bonds. The molecule has 1 N–H and O–H groups in total. The molecule has 4 heteroatoms. The molecule has 0 heterocycles. The van der Waals surface area contributed by atoms with E-state index in [1.807, 2.05) is 18.2 Å². The topological polar surface area (TPSA) is 32.3 Å². The molecular weight excluding hydrogens is 332 g/mol. The van der Waals surface area contributed by atoms with Crippen LogP contribution in [-0.4, -0.2) is 23.4 Å². The Labute approximate surface area is 154 Å². The summed E-state index contributed by atoms with van der Waals surface area (Å²) in [5.41, 5.74) is 3.62. The number of halogens is 1. The third-order valence-corrected chi connectivity index (χ3v) is 5.59. The number of hydrogen-bond donors (Lipinski definition) is 1. The Balaban J connectivity index is 1.40. The van der Waals surface area contributed by atoms with Crippen molar-refractivity contribution in [2.45, 2.75) is 44.2 Å². The average Bonchev–Trinajstić information content (AvgIpc) is 3.37. The van der Waals surface area contributed by atoms with Crippen molar-refractivity contribution < 1.29 is 4.79 Å². The van der Waals surface area contributed by atoms with Crippen LogP contribution in [0.3, 0.4) is 0 Å². The number of rotatable bonds is 6. The molecule has 0 saturated heterocycles. The number of carbonyl (C=O) groups is 1. The van der Waals surface area contributed by atoms with E-state index in [9.17, 15) is 4.79 Å². The minimum absolute atomic E-state index is 0.0324. The Kier molecular flexibility index (Phi) is 4.78. The number of hydrogen-bond acceptors (Lipinski definition) is 2. The van der Waals surface area contributed by atoms with Crippen molar-refractivity contribution in [3.8, 4) is 0 Å². The van der Waals surface area contributed by atoms with Gasteiger partial charge in [-0.1, -0.05) is 48.0 Å². The zero-order valence-electron chi connectivity index (χ0n) is 14.2. The highest BCUT2D eigenvalue weighted by molar-refractivity contribution is 6.33. The summed E-state index contributed by atoms with van der Waals surface area (Å²) in [6, 6.07) is 17.2. The SMILES string of the molecule is O=C(CCN(C1CC1)C1CCc2ccccc21)Nc1ccccc1Cl. The lowest BCUT2D eigenvalue weighted by Crippen LogP contribution is -2.33. The van der Waals surface area contributed by atoms with Crippen LogP contribution in [0.5, 0.6) is 0 Å². The van der Waals surface area contributed by atoms with Crippen molar-refractivity contribution in [1.29, 1.82) is 0 Å². The van der Waals surface area contributed by atoms with Crippen molar-refractivity contribution in [3.05, 3.63) is 64.7 Å². The first kappa shape index (κ1) is 16.6. The lowest BCUT2D eigenvalue weighted by Gasteiger charge is -2.29. The molecule has 1 atom stereocenters. The molecule has 2 aliphatic carbocycles. The number of aryl methyl sites for hydroxylation is 1. The summed E-state index contributed by atoms with van der Waals surface area (Å²) in [7, 11) is 0. The lowest BCUT2D eigenvalue weighted by molar-refractivity contribution is -0.116. The second-order valence-electron chi connectivity index (χ2n) is 7.00. The number of benzene rings is 2. The maximum atomic E-state index is 12.4. The maximum absolute atomic E-state index is 12.4. The van der Waals surface area contributed by atoms with Gasteiger partial charge in [-0.25, -0.2) is 0 Å². The first-order chi connectivity index (χ1) is 12.2. The van der Waals surface area contributed by atoms with Crippen LogP contribution in [-0.2, 0) is 11.2 Å². The molecule has 0 radical (unpaired) electrons. The molecule has 4 rings (SSSR count).